The van der Waals surface area contributed by atoms with Crippen LogP contribution >= 0.6 is 0 Å². The van der Waals surface area contributed by atoms with Crippen LogP contribution in [0.4, 0.5) is 4.39 Å². The number of carbonyl (C=O) groups is 2. The molecule has 2 aromatic carbocycles. The maximum absolute atomic E-state index is 13.7. The summed E-state index contributed by atoms with van der Waals surface area (Å²) in [5, 5.41) is 11.3. The lowest BCUT2D eigenvalue weighted by Gasteiger charge is -2.25. The summed E-state index contributed by atoms with van der Waals surface area (Å²) in [6.07, 6.45) is 5.18. The summed E-state index contributed by atoms with van der Waals surface area (Å²) in [7, 11) is 0. The minimum absolute atomic E-state index is 0.0375. The average molecular weight is 475 g/mol. The first-order chi connectivity index (χ1) is 16.9. The van der Waals surface area contributed by atoms with Crippen molar-refractivity contribution in [2.24, 2.45) is 0 Å². The number of unbranched alkanes of at least 4 members (excludes halogenated alkanes) is 1. The molecule has 1 atom stereocenters. The Balaban J connectivity index is 1.77. The molecule has 6 nitrogen and oxygen atoms in total. The van der Waals surface area contributed by atoms with E-state index in [9.17, 15) is 19.1 Å². The number of nitrogens with zero attached hydrogens (tertiary/aromatic N) is 2. The van der Waals surface area contributed by atoms with Crippen LogP contribution in [0, 0.1) is 12.7 Å². The van der Waals surface area contributed by atoms with Gasteiger partial charge in [0.15, 0.2) is 0 Å². The maximum atomic E-state index is 13.7. The Bertz CT molecular complexity index is 1260. The van der Waals surface area contributed by atoms with Gasteiger partial charge in [-0.25, -0.2) is 4.39 Å². The Labute approximate surface area is 203 Å². The molecule has 3 aromatic rings. The van der Waals surface area contributed by atoms with Crippen LogP contribution in [0.2, 0.25) is 0 Å². The van der Waals surface area contributed by atoms with Gasteiger partial charge in [-0.3, -0.25) is 14.6 Å². The molecule has 0 radical (unpaired) electrons. The van der Waals surface area contributed by atoms with Crippen molar-refractivity contribution in [3.63, 3.8) is 0 Å². The van der Waals surface area contributed by atoms with Crippen LogP contribution in [0.1, 0.15) is 48.1 Å². The Hall–Kier alpha value is -4.00. The fourth-order valence-corrected chi connectivity index (χ4v) is 4.16. The highest BCUT2D eigenvalue weighted by atomic mass is 19.1. The number of benzene rings is 2. The van der Waals surface area contributed by atoms with E-state index in [1.165, 1.54) is 29.2 Å². The van der Waals surface area contributed by atoms with E-state index in [1.807, 2.05) is 6.92 Å². The van der Waals surface area contributed by atoms with Crippen LogP contribution in [0.5, 0.6) is 5.75 Å². The van der Waals surface area contributed by atoms with Gasteiger partial charge in [0.1, 0.15) is 17.3 Å². The molecule has 0 saturated carbocycles. The molecular weight excluding hydrogens is 447 g/mol. The predicted molar refractivity (Wildman–Crippen MR) is 130 cm³/mol. The minimum atomic E-state index is -0.878. The molecule has 1 aromatic heterocycles. The van der Waals surface area contributed by atoms with Crippen LogP contribution in [0.15, 0.2) is 72.6 Å². The van der Waals surface area contributed by atoms with Gasteiger partial charge in [-0.15, -0.1) is 0 Å². The number of halogens is 1. The van der Waals surface area contributed by atoms with Gasteiger partial charge in [-0.05, 0) is 66.4 Å². The van der Waals surface area contributed by atoms with Crippen molar-refractivity contribution in [2.45, 2.75) is 39.3 Å². The van der Waals surface area contributed by atoms with E-state index in [2.05, 4.69) is 11.9 Å². The minimum Gasteiger partial charge on any atom is -0.507 e. The number of aliphatic hydroxyl groups excluding tert-OH is 1. The third-order valence-electron chi connectivity index (χ3n) is 6.01. The van der Waals surface area contributed by atoms with E-state index < -0.39 is 23.5 Å². The van der Waals surface area contributed by atoms with Gasteiger partial charge in [0.25, 0.3) is 11.7 Å². The van der Waals surface area contributed by atoms with Gasteiger partial charge in [0, 0.05) is 24.5 Å². The van der Waals surface area contributed by atoms with Gasteiger partial charge < -0.3 is 14.7 Å². The monoisotopic (exact) mass is 474 g/mol. The van der Waals surface area contributed by atoms with Crippen molar-refractivity contribution in [2.75, 3.05) is 6.61 Å². The quantitative estimate of drug-likeness (QED) is 0.207. The standard InChI is InChI=1S/C28H27FN2O4/c1-3-4-14-35-23-12-9-21(15-18(23)2)26(32)24-25(20-7-10-22(29)11-8-20)31(28(34)27(24)33)17-19-6-5-13-30-16-19/h5-13,15-16,25,32H,3-4,14,17H2,1-2H3/t25-/m1/s1. The lowest BCUT2D eigenvalue weighted by Crippen LogP contribution is -2.29. The number of Topliss-reactive ketones (excluding diaryl/α,β-unsaturated/α-hetero) is 1. The number of amides is 1. The van der Waals surface area contributed by atoms with Crippen LogP contribution in [-0.2, 0) is 16.1 Å². The molecule has 7 heteroatoms. The zero-order chi connectivity index (χ0) is 24.9. The van der Waals surface area contributed by atoms with Crippen LogP contribution < -0.4 is 4.74 Å². The molecule has 1 aliphatic rings. The number of hydrogen-bond acceptors (Lipinski definition) is 5. The molecular formula is C28H27FN2O4. The third-order valence-corrected chi connectivity index (χ3v) is 6.01. The summed E-state index contributed by atoms with van der Waals surface area (Å²) >= 11 is 0. The molecule has 1 amide bonds. The maximum Gasteiger partial charge on any atom is 0.295 e. The normalized spacial score (nSPS) is 17.1. The summed E-state index contributed by atoms with van der Waals surface area (Å²) in [6.45, 7) is 4.64. The summed E-state index contributed by atoms with van der Waals surface area (Å²) in [6, 6.07) is 13.4. The number of aliphatic hydroxyl groups is 1. The first-order valence-electron chi connectivity index (χ1n) is 11.6. The summed E-state index contributed by atoms with van der Waals surface area (Å²) in [4.78, 5) is 31.7. The number of aromatic nitrogens is 1. The highest BCUT2D eigenvalue weighted by molar-refractivity contribution is 6.46. The molecule has 35 heavy (non-hydrogen) atoms. The van der Waals surface area contributed by atoms with Gasteiger partial charge >= 0.3 is 0 Å². The Morgan fingerprint density at radius 2 is 1.91 bits per heavy atom. The number of aryl methyl sites for hydroxylation is 1. The van der Waals surface area contributed by atoms with E-state index in [1.54, 1.807) is 42.7 Å². The molecule has 0 unspecified atom stereocenters. The molecule has 0 aliphatic carbocycles. The molecule has 0 bridgehead atoms. The van der Waals surface area contributed by atoms with Crippen molar-refractivity contribution in [3.8, 4) is 5.75 Å². The molecule has 1 fully saturated rings. The fourth-order valence-electron chi connectivity index (χ4n) is 4.16. The molecule has 1 N–H and O–H groups in total. The molecule has 180 valence electrons. The van der Waals surface area contributed by atoms with E-state index in [0.717, 1.165) is 24.0 Å². The Morgan fingerprint density at radius 3 is 2.57 bits per heavy atom. The van der Waals surface area contributed by atoms with Crippen molar-refractivity contribution < 1.29 is 23.8 Å². The van der Waals surface area contributed by atoms with E-state index in [4.69, 9.17) is 4.74 Å². The second kappa shape index (κ2) is 10.5. The van der Waals surface area contributed by atoms with Crippen molar-refractivity contribution in [1.82, 2.24) is 9.88 Å². The van der Waals surface area contributed by atoms with Gasteiger partial charge in [-0.1, -0.05) is 31.5 Å². The predicted octanol–water partition coefficient (Wildman–Crippen LogP) is 5.33. The number of rotatable bonds is 8. The topological polar surface area (TPSA) is 79.7 Å². The third kappa shape index (κ3) is 5.09. The summed E-state index contributed by atoms with van der Waals surface area (Å²) in [5.74, 6) is -1.55. The molecule has 0 spiro atoms. The summed E-state index contributed by atoms with van der Waals surface area (Å²) < 4.78 is 19.4. The van der Waals surface area contributed by atoms with Crippen LogP contribution in [-0.4, -0.2) is 33.3 Å². The number of ether oxygens (including phenoxy) is 1. The first kappa shape index (κ1) is 24.1. The van der Waals surface area contributed by atoms with Crippen molar-refractivity contribution >= 4 is 17.4 Å². The Morgan fingerprint density at radius 1 is 1.14 bits per heavy atom. The van der Waals surface area contributed by atoms with E-state index in [0.29, 0.717) is 23.5 Å². The number of likely N-dealkylation sites (tertiary alicyclic amines) is 1. The van der Waals surface area contributed by atoms with Crippen molar-refractivity contribution in [1.29, 1.82) is 0 Å². The number of ketones is 1. The second-order valence-electron chi connectivity index (χ2n) is 8.52. The molecule has 1 aliphatic heterocycles. The largest absolute Gasteiger partial charge is 0.507 e. The summed E-state index contributed by atoms with van der Waals surface area (Å²) in [5.41, 5.74) is 2.41. The number of carbonyl (C=O) groups excluding carboxylic acids is 2. The van der Waals surface area contributed by atoms with Gasteiger partial charge in [0.05, 0.1) is 18.2 Å². The van der Waals surface area contributed by atoms with Gasteiger partial charge in [0.2, 0.25) is 0 Å². The fraction of sp³-hybridized carbons (Fsp3) is 0.250. The molecule has 1 saturated heterocycles. The number of hydrogen-bond donors (Lipinski definition) is 1. The lowest BCUT2D eigenvalue weighted by molar-refractivity contribution is -0.140. The van der Waals surface area contributed by atoms with Crippen LogP contribution in [0.3, 0.4) is 0 Å². The zero-order valence-corrected chi connectivity index (χ0v) is 19.7. The van der Waals surface area contributed by atoms with Gasteiger partial charge in [-0.2, -0.15) is 0 Å². The highest BCUT2D eigenvalue weighted by Crippen LogP contribution is 2.40. The first-order valence-corrected chi connectivity index (χ1v) is 11.6. The van der Waals surface area contributed by atoms with E-state index >= 15 is 0 Å². The average Bonchev–Trinajstić information content (AvgIpc) is 3.10. The second-order valence-corrected chi connectivity index (χ2v) is 8.52. The SMILES string of the molecule is CCCCOc1ccc(C(O)=C2C(=O)C(=O)N(Cc3cccnc3)[C@@H]2c2ccc(F)cc2)cc1C. The lowest BCUT2D eigenvalue weighted by atomic mass is 9.94. The number of pyridine rings is 1. The molecule has 2 heterocycles. The zero-order valence-electron chi connectivity index (χ0n) is 19.7. The Kier molecular flexibility index (Phi) is 7.25. The van der Waals surface area contributed by atoms with Crippen LogP contribution in [0.25, 0.3) is 5.76 Å². The highest BCUT2D eigenvalue weighted by Gasteiger charge is 2.46. The smallest absolute Gasteiger partial charge is 0.295 e. The van der Waals surface area contributed by atoms with Crippen molar-refractivity contribution in [3.05, 3.63) is 101 Å². The molecule has 4 rings (SSSR count). The van der Waals surface area contributed by atoms with E-state index in [-0.39, 0.29) is 17.9 Å².